The number of para-hydroxylation sites is 1. The summed E-state index contributed by atoms with van der Waals surface area (Å²) in [6.45, 7) is 0. The fraction of sp³-hybridized carbons (Fsp3) is 0.263. The minimum absolute atomic E-state index is 0.346. The van der Waals surface area contributed by atoms with Crippen LogP contribution in [0, 0.1) is 28.6 Å². The molecule has 0 saturated carbocycles. The molecule has 0 N–H and O–H groups in total. The molecule has 42 heavy (non-hydrogen) atoms. The van der Waals surface area contributed by atoms with Gasteiger partial charge in [-0.05, 0) is 91.1 Å². The van der Waals surface area contributed by atoms with Crippen molar-refractivity contribution < 1.29 is 0 Å². The van der Waals surface area contributed by atoms with Crippen LogP contribution in [0.4, 0.5) is 17.1 Å². The third-order valence-electron chi connectivity index (χ3n) is 9.97. The predicted molar refractivity (Wildman–Crippen MR) is 168 cm³/mol. The minimum atomic E-state index is 0.346. The Kier molecular flexibility index (Phi) is 5.90. The van der Waals surface area contributed by atoms with Crippen LogP contribution in [0.25, 0.3) is 11.1 Å². The molecule has 0 aromatic heterocycles. The Hall–Kier alpha value is -4.80. The summed E-state index contributed by atoms with van der Waals surface area (Å²) in [5.74, 6) is 0.769. The Bertz CT molecular complexity index is 1810. The number of fused-ring (bicyclic) bond motifs is 5. The van der Waals surface area contributed by atoms with Gasteiger partial charge in [0.1, 0.15) is 0 Å². The lowest BCUT2D eigenvalue weighted by atomic mass is 9.83. The molecular formula is C38H32N4. The maximum atomic E-state index is 9.82. The number of anilines is 3. The zero-order valence-corrected chi connectivity index (χ0v) is 23.6. The largest absolute Gasteiger partial charge is 0.339 e. The third kappa shape index (κ3) is 3.72. The summed E-state index contributed by atoms with van der Waals surface area (Å²) < 4.78 is 0. The molecular weight excluding hydrogens is 512 g/mol. The fourth-order valence-corrected chi connectivity index (χ4v) is 8.19. The summed E-state index contributed by atoms with van der Waals surface area (Å²) in [6.07, 6.45) is 17.6. The molecule has 4 atom stereocenters. The number of hydrogen-bond acceptors (Lipinski definition) is 4. The van der Waals surface area contributed by atoms with Gasteiger partial charge in [0, 0.05) is 40.9 Å². The van der Waals surface area contributed by atoms with Crippen molar-refractivity contribution in [3.05, 3.63) is 125 Å². The van der Waals surface area contributed by atoms with Crippen molar-refractivity contribution >= 4 is 17.1 Å². The van der Waals surface area contributed by atoms with Crippen LogP contribution >= 0.6 is 0 Å². The van der Waals surface area contributed by atoms with Crippen LogP contribution in [0.15, 0.2) is 114 Å². The number of nitriles is 2. The van der Waals surface area contributed by atoms with Gasteiger partial charge in [-0.1, -0.05) is 66.8 Å². The van der Waals surface area contributed by atoms with Gasteiger partial charge in [0.2, 0.25) is 0 Å². The van der Waals surface area contributed by atoms with Gasteiger partial charge in [0.05, 0.1) is 29.1 Å². The summed E-state index contributed by atoms with van der Waals surface area (Å²) in [5.41, 5.74) is 11.6. The van der Waals surface area contributed by atoms with Crippen LogP contribution in [-0.2, 0) is 0 Å². The topological polar surface area (TPSA) is 54.1 Å². The lowest BCUT2D eigenvalue weighted by Crippen LogP contribution is -2.36. The van der Waals surface area contributed by atoms with E-state index in [1.165, 1.54) is 33.9 Å². The summed E-state index contributed by atoms with van der Waals surface area (Å²) in [7, 11) is 0. The van der Waals surface area contributed by atoms with Gasteiger partial charge >= 0.3 is 0 Å². The van der Waals surface area contributed by atoms with Crippen LogP contribution in [0.1, 0.15) is 55.6 Å². The van der Waals surface area contributed by atoms with Gasteiger partial charge in [-0.15, -0.1) is 0 Å². The molecule has 4 nitrogen and oxygen atoms in total. The number of benzene rings is 3. The second kappa shape index (κ2) is 9.93. The van der Waals surface area contributed by atoms with E-state index in [2.05, 4.69) is 94.8 Å². The molecule has 3 aromatic rings. The Labute approximate surface area is 247 Å². The van der Waals surface area contributed by atoms with Crippen molar-refractivity contribution in [3.63, 3.8) is 0 Å². The molecule has 0 fully saturated rings. The molecule has 5 aliphatic rings. The average Bonchev–Trinajstić information content (AvgIpc) is 3.57. The highest BCUT2D eigenvalue weighted by molar-refractivity contribution is 5.88. The molecule has 0 radical (unpaired) electrons. The average molecular weight is 545 g/mol. The van der Waals surface area contributed by atoms with E-state index in [0.717, 1.165) is 55.2 Å². The Morgan fingerprint density at radius 2 is 1.67 bits per heavy atom. The molecule has 8 rings (SSSR count). The van der Waals surface area contributed by atoms with E-state index >= 15 is 0 Å². The van der Waals surface area contributed by atoms with Crippen LogP contribution in [-0.4, -0.2) is 12.1 Å². The maximum absolute atomic E-state index is 9.82. The molecule has 0 bridgehead atoms. The molecule has 2 aliphatic heterocycles. The molecule has 0 spiro atoms. The first-order valence-corrected chi connectivity index (χ1v) is 15.2. The van der Waals surface area contributed by atoms with Gasteiger partial charge in [0.15, 0.2) is 0 Å². The van der Waals surface area contributed by atoms with Crippen molar-refractivity contribution in [1.29, 1.82) is 10.5 Å². The summed E-state index contributed by atoms with van der Waals surface area (Å²) >= 11 is 0. The highest BCUT2D eigenvalue weighted by Crippen LogP contribution is 2.57. The third-order valence-corrected chi connectivity index (χ3v) is 9.97. The quantitative estimate of drug-likeness (QED) is 0.309. The monoisotopic (exact) mass is 544 g/mol. The van der Waals surface area contributed by atoms with Crippen molar-refractivity contribution in [3.8, 4) is 23.3 Å². The molecule has 4 unspecified atom stereocenters. The van der Waals surface area contributed by atoms with Gasteiger partial charge in [-0.25, -0.2) is 0 Å². The lowest BCUT2D eigenvalue weighted by Gasteiger charge is -2.37. The van der Waals surface area contributed by atoms with Crippen LogP contribution in [0.5, 0.6) is 0 Å². The van der Waals surface area contributed by atoms with Crippen molar-refractivity contribution in [2.45, 2.75) is 56.5 Å². The maximum Gasteiger partial charge on any atom is 0.0998 e. The lowest BCUT2D eigenvalue weighted by molar-refractivity contribution is 0.495. The van der Waals surface area contributed by atoms with Gasteiger partial charge in [-0.2, -0.15) is 10.5 Å². The molecule has 4 heteroatoms. The van der Waals surface area contributed by atoms with Crippen molar-refractivity contribution in [2.75, 3.05) is 9.80 Å². The Morgan fingerprint density at radius 1 is 0.786 bits per heavy atom. The first kappa shape index (κ1) is 25.0. The molecule has 204 valence electrons. The Balaban J connectivity index is 1.31. The van der Waals surface area contributed by atoms with Crippen LogP contribution in [0.3, 0.4) is 0 Å². The van der Waals surface area contributed by atoms with E-state index in [0.29, 0.717) is 29.5 Å². The molecule has 0 saturated heterocycles. The molecule has 2 heterocycles. The standard InChI is InChI=1S/C38H32N4/c39-23-25-19-20-36-33(21-25)31-14-4-6-17-35(31)42(36)37-18-8-15-32-30-13-3-5-16-34(30)41(38(32)37)28-11-7-10-26(22-28)29-12-2-1-9-27(29)24-40/h1-4,6-13,15,18,21-22,30-31,34-35H,5,14,16-17,19-20H2. The predicted octanol–water partition coefficient (Wildman–Crippen LogP) is 8.83. The van der Waals surface area contributed by atoms with E-state index < -0.39 is 0 Å². The van der Waals surface area contributed by atoms with E-state index in [4.69, 9.17) is 0 Å². The molecule has 3 aromatic carbocycles. The van der Waals surface area contributed by atoms with E-state index in [1.807, 2.05) is 24.3 Å². The van der Waals surface area contributed by atoms with Crippen LogP contribution in [0.2, 0.25) is 0 Å². The number of rotatable bonds is 3. The summed E-state index contributed by atoms with van der Waals surface area (Å²) in [5, 5.41) is 19.6. The van der Waals surface area contributed by atoms with E-state index in [9.17, 15) is 10.5 Å². The van der Waals surface area contributed by atoms with E-state index in [1.54, 1.807) is 0 Å². The summed E-state index contributed by atoms with van der Waals surface area (Å²) in [4.78, 5) is 5.28. The second-order valence-corrected chi connectivity index (χ2v) is 12.1. The highest BCUT2D eigenvalue weighted by Gasteiger charge is 2.46. The zero-order chi connectivity index (χ0) is 28.2. The normalized spacial score (nSPS) is 25.2. The smallest absolute Gasteiger partial charge is 0.0998 e. The zero-order valence-electron chi connectivity index (χ0n) is 23.6. The van der Waals surface area contributed by atoms with Crippen molar-refractivity contribution in [2.24, 2.45) is 5.92 Å². The fourth-order valence-electron chi connectivity index (χ4n) is 8.19. The van der Waals surface area contributed by atoms with Gasteiger partial charge in [0.25, 0.3) is 0 Å². The first-order chi connectivity index (χ1) is 20.8. The minimum Gasteiger partial charge on any atom is -0.339 e. The number of hydrogen-bond donors (Lipinski definition) is 0. The number of nitrogens with zero attached hydrogens (tertiary/aromatic N) is 4. The van der Waals surface area contributed by atoms with Gasteiger partial charge < -0.3 is 9.80 Å². The molecule has 3 aliphatic carbocycles. The number of allylic oxidation sites excluding steroid dienone is 5. The highest BCUT2D eigenvalue weighted by atomic mass is 15.3. The van der Waals surface area contributed by atoms with Crippen molar-refractivity contribution in [1.82, 2.24) is 0 Å². The Morgan fingerprint density at radius 3 is 2.57 bits per heavy atom. The SMILES string of the molecule is N#CC1=CC2=C(CC1)N(c1cccc3c1N(c1cccc(-c4ccccc4C#N)c1)C1CCC=CC31)C1CC=CCC21. The first-order valence-electron chi connectivity index (χ1n) is 15.2. The second-order valence-electron chi connectivity index (χ2n) is 12.1. The van der Waals surface area contributed by atoms with Crippen LogP contribution < -0.4 is 9.80 Å². The van der Waals surface area contributed by atoms with E-state index in [-0.39, 0.29) is 0 Å². The van der Waals surface area contributed by atoms with Gasteiger partial charge in [-0.3, -0.25) is 0 Å². The molecule has 0 amide bonds. The summed E-state index contributed by atoms with van der Waals surface area (Å²) in [6, 6.07) is 29.1.